The number of carbonyl (C=O) groups is 2. The maximum absolute atomic E-state index is 12.4. The van der Waals surface area contributed by atoms with Crippen molar-refractivity contribution in [1.82, 2.24) is 10.0 Å². The molecule has 0 heterocycles. The zero-order valence-corrected chi connectivity index (χ0v) is 16.4. The van der Waals surface area contributed by atoms with Gasteiger partial charge >= 0.3 is 0 Å². The molecule has 0 fully saturated rings. The van der Waals surface area contributed by atoms with Gasteiger partial charge in [0, 0.05) is 12.6 Å². The fourth-order valence-corrected chi connectivity index (χ4v) is 4.30. The van der Waals surface area contributed by atoms with Gasteiger partial charge in [0.05, 0.1) is 17.5 Å². The third kappa shape index (κ3) is 4.96. The monoisotopic (exact) mass is 401 g/mol. The summed E-state index contributed by atoms with van der Waals surface area (Å²) in [5, 5.41) is 5.49. The van der Waals surface area contributed by atoms with Gasteiger partial charge in [-0.1, -0.05) is 24.3 Å². The van der Waals surface area contributed by atoms with E-state index < -0.39 is 10.0 Å². The summed E-state index contributed by atoms with van der Waals surface area (Å²) in [7, 11) is -3.83. The van der Waals surface area contributed by atoms with E-state index in [0.717, 1.165) is 24.8 Å². The lowest BCUT2D eigenvalue weighted by Crippen LogP contribution is -2.39. The number of aryl methyl sites for hydroxylation is 1. The SMILES string of the molecule is CC(=O)Nc1ccc(S(=O)(=O)NCC(=O)N[C@@H]2CCCc3ccccc32)cc1. The van der Waals surface area contributed by atoms with Gasteiger partial charge < -0.3 is 10.6 Å². The third-order valence-corrected chi connectivity index (χ3v) is 6.03. The molecule has 0 saturated carbocycles. The molecule has 3 N–H and O–H groups in total. The smallest absolute Gasteiger partial charge is 0.241 e. The molecule has 0 aromatic heterocycles. The van der Waals surface area contributed by atoms with Crippen LogP contribution in [0.1, 0.15) is 36.9 Å². The van der Waals surface area contributed by atoms with Gasteiger partial charge in [-0.2, -0.15) is 0 Å². The van der Waals surface area contributed by atoms with Gasteiger partial charge in [0.2, 0.25) is 21.8 Å². The van der Waals surface area contributed by atoms with Gasteiger partial charge in [0.25, 0.3) is 0 Å². The van der Waals surface area contributed by atoms with Crippen molar-refractivity contribution < 1.29 is 18.0 Å². The van der Waals surface area contributed by atoms with E-state index in [1.807, 2.05) is 18.2 Å². The van der Waals surface area contributed by atoms with Crippen LogP contribution in [0.4, 0.5) is 5.69 Å². The minimum Gasteiger partial charge on any atom is -0.348 e. The summed E-state index contributed by atoms with van der Waals surface area (Å²) >= 11 is 0. The standard InChI is InChI=1S/C20H23N3O4S/c1-14(24)22-16-9-11-17(12-10-16)28(26,27)21-13-20(25)23-19-8-4-6-15-5-2-3-7-18(15)19/h2-3,5,7,9-12,19,21H,4,6,8,13H2,1H3,(H,22,24)(H,23,25)/t19-/m1/s1. The van der Waals surface area contributed by atoms with Crippen molar-refractivity contribution in [1.29, 1.82) is 0 Å². The Morgan fingerprint density at radius 1 is 1.07 bits per heavy atom. The Morgan fingerprint density at radius 3 is 2.50 bits per heavy atom. The van der Waals surface area contributed by atoms with Gasteiger partial charge in [0.15, 0.2) is 0 Å². The topological polar surface area (TPSA) is 104 Å². The lowest BCUT2D eigenvalue weighted by atomic mass is 9.88. The summed E-state index contributed by atoms with van der Waals surface area (Å²) in [6, 6.07) is 13.6. The molecule has 0 aliphatic heterocycles. The number of anilines is 1. The van der Waals surface area contributed by atoms with E-state index in [1.54, 1.807) is 0 Å². The first-order valence-electron chi connectivity index (χ1n) is 9.09. The summed E-state index contributed by atoms with van der Waals surface area (Å²) in [6.45, 7) is 1.03. The summed E-state index contributed by atoms with van der Waals surface area (Å²) in [4.78, 5) is 23.3. The second-order valence-corrected chi connectivity index (χ2v) is 8.51. The van der Waals surface area contributed by atoms with Gasteiger partial charge in [-0.3, -0.25) is 9.59 Å². The Balaban J connectivity index is 1.59. The van der Waals surface area contributed by atoms with Crippen molar-refractivity contribution in [2.45, 2.75) is 37.1 Å². The van der Waals surface area contributed by atoms with Crippen LogP contribution in [-0.4, -0.2) is 26.8 Å². The van der Waals surface area contributed by atoms with Crippen molar-refractivity contribution in [2.75, 3.05) is 11.9 Å². The molecule has 7 nitrogen and oxygen atoms in total. The highest BCUT2D eigenvalue weighted by Crippen LogP contribution is 2.29. The summed E-state index contributed by atoms with van der Waals surface area (Å²) in [6.07, 6.45) is 2.80. The molecule has 0 spiro atoms. The summed E-state index contributed by atoms with van der Waals surface area (Å²) in [5.41, 5.74) is 2.82. The summed E-state index contributed by atoms with van der Waals surface area (Å²) in [5.74, 6) is -0.616. The Hall–Kier alpha value is -2.71. The minimum atomic E-state index is -3.83. The Morgan fingerprint density at radius 2 is 1.79 bits per heavy atom. The highest BCUT2D eigenvalue weighted by Gasteiger charge is 2.22. The zero-order chi connectivity index (χ0) is 20.1. The summed E-state index contributed by atoms with van der Waals surface area (Å²) < 4.78 is 27.1. The predicted octanol–water partition coefficient (Wildman–Crippen LogP) is 2.12. The average Bonchev–Trinajstić information content (AvgIpc) is 2.67. The number of benzene rings is 2. The molecule has 3 rings (SSSR count). The van der Waals surface area contributed by atoms with Crippen molar-refractivity contribution in [3.8, 4) is 0 Å². The second kappa shape index (κ2) is 8.53. The van der Waals surface area contributed by atoms with Crippen LogP contribution in [0.15, 0.2) is 53.4 Å². The normalized spacial score (nSPS) is 16.1. The maximum Gasteiger partial charge on any atom is 0.241 e. The fourth-order valence-electron chi connectivity index (χ4n) is 3.31. The second-order valence-electron chi connectivity index (χ2n) is 6.74. The molecule has 1 aliphatic rings. The van der Waals surface area contributed by atoms with Crippen LogP contribution < -0.4 is 15.4 Å². The number of sulfonamides is 1. The van der Waals surface area contributed by atoms with Crippen molar-refractivity contribution in [3.05, 3.63) is 59.7 Å². The van der Waals surface area contributed by atoms with Gasteiger partial charge in [-0.15, -0.1) is 0 Å². The van der Waals surface area contributed by atoms with Crippen molar-refractivity contribution >= 4 is 27.5 Å². The molecule has 2 amide bonds. The van der Waals surface area contributed by atoms with Crippen molar-refractivity contribution in [3.63, 3.8) is 0 Å². The Labute approximate surface area is 164 Å². The molecule has 0 bridgehead atoms. The van der Waals surface area contributed by atoms with Crippen LogP contribution >= 0.6 is 0 Å². The van der Waals surface area contributed by atoms with Crippen LogP contribution in [-0.2, 0) is 26.0 Å². The van der Waals surface area contributed by atoms with Crippen LogP contribution in [0.5, 0.6) is 0 Å². The number of hydrogen-bond acceptors (Lipinski definition) is 4. The van der Waals surface area contributed by atoms with Crippen LogP contribution in [0.2, 0.25) is 0 Å². The van der Waals surface area contributed by atoms with Gasteiger partial charge in [-0.25, -0.2) is 13.1 Å². The molecule has 0 radical (unpaired) electrons. The first-order chi connectivity index (χ1) is 13.3. The number of carbonyl (C=O) groups excluding carboxylic acids is 2. The zero-order valence-electron chi connectivity index (χ0n) is 15.6. The molecule has 1 atom stereocenters. The predicted molar refractivity (Wildman–Crippen MR) is 106 cm³/mol. The Bertz CT molecular complexity index is 971. The fraction of sp³-hybridized carbons (Fsp3) is 0.300. The van der Waals surface area contributed by atoms with Crippen LogP contribution in [0.3, 0.4) is 0 Å². The number of nitrogens with one attached hydrogen (secondary N) is 3. The highest BCUT2D eigenvalue weighted by molar-refractivity contribution is 7.89. The largest absolute Gasteiger partial charge is 0.348 e. The Kier molecular flexibility index (Phi) is 6.11. The van der Waals surface area contributed by atoms with E-state index in [4.69, 9.17) is 0 Å². The number of hydrogen-bond donors (Lipinski definition) is 3. The van der Waals surface area contributed by atoms with Gasteiger partial charge in [-0.05, 0) is 54.7 Å². The first kappa shape index (κ1) is 20.0. The molecule has 148 valence electrons. The van der Waals surface area contributed by atoms with E-state index in [1.165, 1.54) is 36.8 Å². The first-order valence-corrected chi connectivity index (χ1v) is 10.6. The van der Waals surface area contributed by atoms with E-state index >= 15 is 0 Å². The van der Waals surface area contributed by atoms with E-state index in [2.05, 4.69) is 21.4 Å². The van der Waals surface area contributed by atoms with Crippen LogP contribution in [0.25, 0.3) is 0 Å². The minimum absolute atomic E-state index is 0.0254. The number of fused-ring (bicyclic) bond motifs is 1. The lowest BCUT2D eigenvalue weighted by molar-refractivity contribution is -0.120. The number of amides is 2. The van der Waals surface area contributed by atoms with Crippen LogP contribution in [0, 0.1) is 0 Å². The highest BCUT2D eigenvalue weighted by atomic mass is 32.2. The average molecular weight is 401 g/mol. The molecule has 2 aromatic carbocycles. The lowest BCUT2D eigenvalue weighted by Gasteiger charge is -2.26. The molecule has 1 aliphatic carbocycles. The molecule has 8 heteroatoms. The quantitative estimate of drug-likeness (QED) is 0.690. The van der Waals surface area contributed by atoms with E-state index in [-0.39, 0.29) is 29.3 Å². The van der Waals surface area contributed by atoms with Crippen molar-refractivity contribution in [2.24, 2.45) is 0 Å². The molecular formula is C20H23N3O4S. The molecule has 0 saturated heterocycles. The number of rotatable bonds is 6. The molecular weight excluding hydrogens is 378 g/mol. The molecule has 0 unspecified atom stereocenters. The van der Waals surface area contributed by atoms with E-state index in [9.17, 15) is 18.0 Å². The molecule has 28 heavy (non-hydrogen) atoms. The van der Waals surface area contributed by atoms with Gasteiger partial charge in [0.1, 0.15) is 0 Å². The van der Waals surface area contributed by atoms with E-state index in [0.29, 0.717) is 5.69 Å². The maximum atomic E-state index is 12.4. The third-order valence-electron chi connectivity index (χ3n) is 4.61. The molecule has 2 aromatic rings.